The Morgan fingerprint density at radius 1 is 1.05 bits per heavy atom. The second-order valence-electron chi connectivity index (χ2n) is 5.90. The summed E-state index contributed by atoms with van der Waals surface area (Å²) in [4.78, 5) is 0. The van der Waals surface area contributed by atoms with Gasteiger partial charge in [-0.1, -0.05) is 60.7 Å². The van der Waals surface area contributed by atoms with Gasteiger partial charge in [0.1, 0.15) is 12.6 Å². The predicted molar refractivity (Wildman–Crippen MR) is 79.8 cm³/mol. The van der Waals surface area contributed by atoms with Gasteiger partial charge in [0.15, 0.2) is 6.04 Å². The van der Waals surface area contributed by atoms with E-state index in [2.05, 4.69) is 61.6 Å². The second-order valence-corrected chi connectivity index (χ2v) is 5.90. The van der Waals surface area contributed by atoms with Crippen molar-refractivity contribution >= 4 is 0 Å². The van der Waals surface area contributed by atoms with Gasteiger partial charge in [0.25, 0.3) is 0 Å². The highest BCUT2D eigenvalue weighted by Gasteiger charge is 2.52. The number of benzene rings is 2. The van der Waals surface area contributed by atoms with Crippen LogP contribution in [0.1, 0.15) is 17.0 Å². The summed E-state index contributed by atoms with van der Waals surface area (Å²) in [6, 6.07) is 23.5. The minimum Gasteiger partial charge on any atom is -0.307 e. The predicted octanol–water partition coefficient (Wildman–Crippen LogP) is 3.32. The Morgan fingerprint density at radius 3 is 2.25 bits per heavy atom. The molecule has 1 unspecified atom stereocenters. The quantitative estimate of drug-likeness (QED) is 0.779. The first kappa shape index (κ1) is 12.9. The molecular formula is C18H19N2+. The molecule has 1 aliphatic rings. The molecule has 0 saturated carbocycles. The normalized spacial score (nSPS) is 28.4. The Labute approximate surface area is 120 Å². The molecule has 3 rings (SSSR count). The fourth-order valence-corrected chi connectivity index (χ4v) is 3.34. The molecule has 0 aliphatic carbocycles. The van der Waals surface area contributed by atoms with E-state index in [0.29, 0.717) is 5.92 Å². The average Bonchev–Trinajstić information content (AvgIpc) is 2.47. The van der Waals surface area contributed by atoms with Crippen LogP contribution in [0.4, 0.5) is 0 Å². The number of nitrogens with zero attached hydrogens (tertiary/aromatic N) is 2. The summed E-state index contributed by atoms with van der Waals surface area (Å²) in [5.41, 5.74) is 2.60. The van der Waals surface area contributed by atoms with E-state index in [-0.39, 0.29) is 6.04 Å². The summed E-state index contributed by atoms with van der Waals surface area (Å²) in [5.74, 6) is 0.370. The molecule has 2 nitrogen and oxygen atoms in total. The van der Waals surface area contributed by atoms with Crippen molar-refractivity contribution in [2.75, 3.05) is 13.6 Å². The van der Waals surface area contributed by atoms with Crippen molar-refractivity contribution < 1.29 is 4.48 Å². The van der Waals surface area contributed by atoms with E-state index in [9.17, 15) is 5.26 Å². The average molecular weight is 263 g/mol. The van der Waals surface area contributed by atoms with Crippen LogP contribution in [0.2, 0.25) is 0 Å². The number of rotatable bonds is 3. The molecule has 0 bridgehead atoms. The van der Waals surface area contributed by atoms with Crippen LogP contribution in [0.5, 0.6) is 0 Å². The Hall–Kier alpha value is -2.11. The maximum absolute atomic E-state index is 9.57. The molecular weight excluding hydrogens is 244 g/mol. The third kappa shape index (κ3) is 2.21. The second kappa shape index (κ2) is 5.11. The van der Waals surface area contributed by atoms with Gasteiger partial charge in [-0.25, -0.2) is 0 Å². The number of hydrogen-bond acceptors (Lipinski definition) is 1. The molecule has 1 saturated heterocycles. The SMILES string of the molecule is C[N+]1(Cc2ccccc2)C[C@@H](c2ccccc2)[C@@H]1C#N. The first-order valence-electron chi connectivity index (χ1n) is 7.06. The van der Waals surface area contributed by atoms with E-state index in [1.807, 2.05) is 12.1 Å². The van der Waals surface area contributed by atoms with Crippen LogP contribution in [-0.2, 0) is 6.54 Å². The van der Waals surface area contributed by atoms with E-state index >= 15 is 0 Å². The molecule has 20 heavy (non-hydrogen) atoms. The molecule has 1 fully saturated rings. The van der Waals surface area contributed by atoms with Crippen LogP contribution in [0, 0.1) is 11.3 Å². The van der Waals surface area contributed by atoms with Gasteiger partial charge in [-0.15, -0.1) is 0 Å². The van der Waals surface area contributed by atoms with Gasteiger partial charge in [-0.2, -0.15) is 5.26 Å². The first-order valence-corrected chi connectivity index (χ1v) is 7.06. The molecule has 1 heterocycles. The first-order chi connectivity index (χ1) is 9.73. The number of likely N-dealkylation sites (N-methyl/N-ethyl adjacent to an activating group) is 1. The molecule has 0 N–H and O–H groups in total. The fourth-order valence-electron chi connectivity index (χ4n) is 3.34. The zero-order valence-corrected chi connectivity index (χ0v) is 11.7. The zero-order valence-electron chi connectivity index (χ0n) is 11.7. The van der Waals surface area contributed by atoms with Crippen molar-refractivity contribution in [3.05, 3.63) is 71.8 Å². The molecule has 1 aliphatic heterocycles. The van der Waals surface area contributed by atoms with Crippen molar-refractivity contribution in [3.63, 3.8) is 0 Å². The lowest BCUT2D eigenvalue weighted by Gasteiger charge is -2.52. The van der Waals surface area contributed by atoms with E-state index < -0.39 is 0 Å². The molecule has 100 valence electrons. The summed E-state index contributed by atoms with van der Waals surface area (Å²) in [7, 11) is 2.19. The van der Waals surface area contributed by atoms with E-state index in [1.165, 1.54) is 11.1 Å². The smallest absolute Gasteiger partial charge is 0.188 e. The standard InChI is InChI=1S/C18H19N2/c1-20(13-15-8-4-2-5-9-15)14-17(18(20)12-19)16-10-6-3-7-11-16/h2-11,17-18H,13-14H2,1H3/q+1/t17-,18-,20?/m0/s1. The highest BCUT2D eigenvalue weighted by molar-refractivity contribution is 5.26. The number of nitriles is 1. The lowest BCUT2D eigenvalue weighted by atomic mass is 9.80. The van der Waals surface area contributed by atoms with Gasteiger partial charge in [0.05, 0.1) is 19.5 Å². The van der Waals surface area contributed by atoms with Crippen molar-refractivity contribution in [2.24, 2.45) is 0 Å². The van der Waals surface area contributed by atoms with Crippen LogP contribution in [0.3, 0.4) is 0 Å². The fraction of sp³-hybridized carbons (Fsp3) is 0.278. The molecule has 0 aromatic heterocycles. The van der Waals surface area contributed by atoms with Crippen LogP contribution in [-0.4, -0.2) is 24.1 Å². The minimum atomic E-state index is 0.0533. The monoisotopic (exact) mass is 263 g/mol. The van der Waals surface area contributed by atoms with Crippen LogP contribution >= 0.6 is 0 Å². The number of likely N-dealkylation sites (tertiary alicyclic amines) is 1. The van der Waals surface area contributed by atoms with Gasteiger partial charge in [0.2, 0.25) is 0 Å². The molecule has 0 amide bonds. The molecule has 2 aromatic rings. The third-order valence-corrected chi connectivity index (χ3v) is 4.41. The minimum absolute atomic E-state index is 0.0533. The van der Waals surface area contributed by atoms with Gasteiger partial charge in [-0.05, 0) is 5.56 Å². The van der Waals surface area contributed by atoms with Crippen LogP contribution < -0.4 is 0 Å². The molecule has 0 spiro atoms. The third-order valence-electron chi connectivity index (χ3n) is 4.41. The number of quaternary nitrogens is 1. The molecule has 0 radical (unpaired) electrons. The van der Waals surface area contributed by atoms with Crippen LogP contribution in [0.15, 0.2) is 60.7 Å². The van der Waals surface area contributed by atoms with Gasteiger partial charge >= 0.3 is 0 Å². The molecule has 2 aromatic carbocycles. The summed E-state index contributed by atoms with van der Waals surface area (Å²) in [5, 5.41) is 9.57. The maximum Gasteiger partial charge on any atom is 0.188 e. The lowest BCUT2D eigenvalue weighted by molar-refractivity contribution is -0.980. The van der Waals surface area contributed by atoms with Crippen molar-refractivity contribution in [1.29, 1.82) is 5.26 Å². The van der Waals surface area contributed by atoms with E-state index in [1.54, 1.807) is 0 Å². The van der Waals surface area contributed by atoms with Crippen molar-refractivity contribution in [3.8, 4) is 6.07 Å². The number of hydrogen-bond donors (Lipinski definition) is 0. The summed E-state index contributed by atoms with van der Waals surface area (Å²) in [6.07, 6.45) is 0. The lowest BCUT2D eigenvalue weighted by Crippen LogP contribution is -2.66. The van der Waals surface area contributed by atoms with Crippen LogP contribution in [0.25, 0.3) is 0 Å². The Balaban J connectivity index is 1.79. The van der Waals surface area contributed by atoms with Crippen molar-refractivity contribution in [1.82, 2.24) is 0 Å². The van der Waals surface area contributed by atoms with E-state index in [0.717, 1.165) is 17.6 Å². The maximum atomic E-state index is 9.57. The highest BCUT2D eigenvalue weighted by atomic mass is 15.4. The molecule has 2 heteroatoms. The molecule has 3 atom stereocenters. The Kier molecular flexibility index (Phi) is 3.30. The zero-order chi connectivity index (χ0) is 14.0. The highest BCUT2D eigenvalue weighted by Crippen LogP contribution is 2.40. The van der Waals surface area contributed by atoms with Gasteiger partial charge in [-0.3, -0.25) is 0 Å². The summed E-state index contributed by atoms with van der Waals surface area (Å²) >= 11 is 0. The van der Waals surface area contributed by atoms with Crippen molar-refractivity contribution in [2.45, 2.75) is 18.5 Å². The largest absolute Gasteiger partial charge is 0.307 e. The Bertz CT molecular complexity index is 615. The Morgan fingerprint density at radius 2 is 1.65 bits per heavy atom. The van der Waals surface area contributed by atoms with E-state index in [4.69, 9.17) is 0 Å². The summed E-state index contributed by atoms with van der Waals surface area (Å²) < 4.78 is 0.820. The van der Waals surface area contributed by atoms with Gasteiger partial charge in [0, 0.05) is 5.56 Å². The summed E-state index contributed by atoms with van der Waals surface area (Å²) in [6.45, 7) is 1.97. The topological polar surface area (TPSA) is 23.8 Å². The van der Waals surface area contributed by atoms with Gasteiger partial charge < -0.3 is 4.48 Å².